The van der Waals surface area contributed by atoms with E-state index in [9.17, 15) is 22.8 Å². The van der Waals surface area contributed by atoms with E-state index in [1.165, 1.54) is 23.9 Å². The van der Waals surface area contributed by atoms with E-state index in [0.29, 0.717) is 27.7 Å². The summed E-state index contributed by atoms with van der Waals surface area (Å²) in [5.74, 6) is -0.689. The van der Waals surface area contributed by atoms with E-state index in [0.717, 1.165) is 12.1 Å². The van der Waals surface area contributed by atoms with E-state index in [4.69, 9.17) is 16.3 Å². The fourth-order valence-corrected chi connectivity index (χ4v) is 3.85. The fourth-order valence-electron chi connectivity index (χ4n) is 3.66. The summed E-state index contributed by atoms with van der Waals surface area (Å²) in [7, 11) is 1.50. The zero-order valence-corrected chi connectivity index (χ0v) is 18.0. The van der Waals surface area contributed by atoms with Gasteiger partial charge in [-0.2, -0.15) is 18.3 Å². The Hall–Kier alpha value is -3.37. The van der Waals surface area contributed by atoms with Crippen LogP contribution in [-0.4, -0.2) is 28.7 Å². The highest BCUT2D eigenvalue weighted by atomic mass is 35.5. The van der Waals surface area contributed by atoms with Crippen molar-refractivity contribution in [2.45, 2.75) is 25.2 Å². The Balaban J connectivity index is 1.60. The highest BCUT2D eigenvalue weighted by molar-refractivity contribution is 6.30. The zero-order chi connectivity index (χ0) is 23.8. The topological polar surface area (TPSA) is 85.2 Å². The number of alkyl halides is 3. The third-order valence-corrected chi connectivity index (χ3v) is 5.30. The molecule has 1 aromatic heterocycles. The van der Waals surface area contributed by atoms with Crippen LogP contribution in [-0.2, 0) is 27.1 Å². The highest BCUT2D eigenvalue weighted by Crippen LogP contribution is 2.39. The van der Waals surface area contributed by atoms with Crippen LogP contribution in [0.2, 0.25) is 5.02 Å². The van der Waals surface area contributed by atoms with Gasteiger partial charge in [-0.15, -0.1) is 0 Å². The lowest BCUT2D eigenvalue weighted by molar-refractivity contribution is -0.137. The van der Waals surface area contributed by atoms with Crippen LogP contribution in [0.1, 0.15) is 23.7 Å². The van der Waals surface area contributed by atoms with Gasteiger partial charge in [0, 0.05) is 23.4 Å². The molecule has 2 aromatic carbocycles. The van der Waals surface area contributed by atoms with Crippen molar-refractivity contribution in [3.05, 3.63) is 64.8 Å². The number of carbonyl (C=O) groups excluding carboxylic acids is 2. The molecule has 0 saturated carbocycles. The molecule has 2 N–H and O–H groups in total. The number of rotatable bonds is 6. The molecule has 4 rings (SSSR count). The Morgan fingerprint density at radius 3 is 2.70 bits per heavy atom. The molecular formula is C22H18ClF3N4O3. The lowest BCUT2D eigenvalue weighted by Crippen LogP contribution is -2.24. The number of fused-ring (bicyclic) bond motifs is 1. The largest absolute Gasteiger partial charge is 0.416 e. The minimum absolute atomic E-state index is 0.0198. The summed E-state index contributed by atoms with van der Waals surface area (Å²) in [5, 5.41) is 10.1. The van der Waals surface area contributed by atoms with Crippen LogP contribution in [0.25, 0.3) is 11.1 Å². The van der Waals surface area contributed by atoms with Crippen LogP contribution in [0.3, 0.4) is 0 Å². The average molecular weight is 479 g/mol. The maximum absolute atomic E-state index is 12.9. The van der Waals surface area contributed by atoms with Crippen molar-refractivity contribution >= 4 is 34.9 Å². The van der Waals surface area contributed by atoms with Crippen LogP contribution >= 0.6 is 11.6 Å². The number of benzene rings is 2. The predicted octanol–water partition coefficient (Wildman–Crippen LogP) is 4.89. The first-order valence-electron chi connectivity index (χ1n) is 9.81. The van der Waals surface area contributed by atoms with Crippen molar-refractivity contribution < 1.29 is 27.5 Å². The van der Waals surface area contributed by atoms with Gasteiger partial charge in [0.05, 0.1) is 24.3 Å². The number of anilines is 2. The second-order valence-electron chi connectivity index (χ2n) is 7.39. The average Bonchev–Trinajstić information content (AvgIpc) is 3.23. The number of aromatic nitrogens is 2. The molecule has 2 amide bonds. The minimum atomic E-state index is -4.54. The molecule has 0 bridgehead atoms. The third-order valence-electron chi connectivity index (χ3n) is 5.07. The third kappa shape index (κ3) is 4.71. The standard InChI is InChI=1S/C22H18ClF3N4O3/c1-33-11-16-19(12-4-2-6-14(23)8-12)20-28-21(32)17(30(20)29-16)10-18(31)27-15-7-3-5-13(9-15)22(24,25)26/h2-9,17H,10-11H2,1H3,(H,27,31)(H,28,32). The molecule has 0 saturated heterocycles. The molecule has 1 atom stereocenters. The summed E-state index contributed by atoms with van der Waals surface area (Å²) in [6.07, 6.45) is -4.86. The molecule has 0 aliphatic carbocycles. The number of nitrogens with zero attached hydrogens (tertiary/aromatic N) is 2. The maximum Gasteiger partial charge on any atom is 0.416 e. The predicted molar refractivity (Wildman–Crippen MR) is 116 cm³/mol. The highest BCUT2D eigenvalue weighted by Gasteiger charge is 2.37. The summed E-state index contributed by atoms with van der Waals surface area (Å²) >= 11 is 6.12. The molecule has 11 heteroatoms. The smallest absolute Gasteiger partial charge is 0.378 e. The number of methoxy groups -OCH3 is 1. The number of ether oxygens (including phenoxy) is 1. The van der Waals surface area contributed by atoms with E-state index in [2.05, 4.69) is 15.7 Å². The van der Waals surface area contributed by atoms with Crippen LogP contribution in [0, 0.1) is 0 Å². The van der Waals surface area contributed by atoms with Crippen molar-refractivity contribution in [1.82, 2.24) is 9.78 Å². The van der Waals surface area contributed by atoms with Crippen LogP contribution in [0.5, 0.6) is 0 Å². The maximum atomic E-state index is 12.9. The van der Waals surface area contributed by atoms with Gasteiger partial charge in [-0.25, -0.2) is 4.68 Å². The van der Waals surface area contributed by atoms with Gasteiger partial charge >= 0.3 is 6.18 Å². The van der Waals surface area contributed by atoms with Crippen molar-refractivity contribution in [3.8, 4) is 11.1 Å². The fraction of sp³-hybridized carbons (Fsp3) is 0.227. The van der Waals surface area contributed by atoms with Gasteiger partial charge in [0.2, 0.25) is 5.91 Å². The van der Waals surface area contributed by atoms with Gasteiger partial charge in [-0.05, 0) is 35.9 Å². The quantitative estimate of drug-likeness (QED) is 0.528. The Morgan fingerprint density at radius 1 is 1.24 bits per heavy atom. The molecule has 0 spiro atoms. The van der Waals surface area contributed by atoms with Gasteiger partial charge in [0.25, 0.3) is 5.91 Å². The molecule has 172 valence electrons. The number of hydrogen-bond acceptors (Lipinski definition) is 4. The first kappa shape index (κ1) is 22.8. The van der Waals surface area contributed by atoms with Crippen LogP contribution < -0.4 is 10.6 Å². The Bertz CT molecular complexity index is 1230. The molecule has 1 aliphatic heterocycles. The lowest BCUT2D eigenvalue weighted by Gasteiger charge is -2.12. The molecule has 3 aromatic rings. The van der Waals surface area contributed by atoms with Gasteiger partial charge in [0.1, 0.15) is 11.9 Å². The molecule has 1 unspecified atom stereocenters. The van der Waals surface area contributed by atoms with E-state index < -0.39 is 29.6 Å². The number of amides is 2. The zero-order valence-electron chi connectivity index (χ0n) is 17.2. The van der Waals surface area contributed by atoms with Crippen LogP contribution in [0.4, 0.5) is 24.7 Å². The molecule has 0 radical (unpaired) electrons. The molecule has 7 nitrogen and oxygen atoms in total. The summed E-state index contributed by atoms with van der Waals surface area (Å²) in [6.45, 7) is 0.154. The minimum Gasteiger partial charge on any atom is -0.378 e. The Labute approximate surface area is 191 Å². The monoisotopic (exact) mass is 478 g/mol. The summed E-state index contributed by atoms with van der Waals surface area (Å²) < 4.78 is 45.4. The van der Waals surface area contributed by atoms with E-state index >= 15 is 0 Å². The van der Waals surface area contributed by atoms with Gasteiger partial charge < -0.3 is 15.4 Å². The van der Waals surface area contributed by atoms with Crippen molar-refractivity contribution in [2.75, 3.05) is 17.7 Å². The first-order chi connectivity index (χ1) is 15.7. The lowest BCUT2D eigenvalue weighted by atomic mass is 10.1. The molecule has 0 fully saturated rings. The number of hydrogen-bond donors (Lipinski definition) is 2. The number of nitrogens with one attached hydrogen (secondary N) is 2. The number of carbonyl (C=O) groups is 2. The van der Waals surface area contributed by atoms with Gasteiger partial charge in [-0.3, -0.25) is 9.59 Å². The summed E-state index contributed by atoms with van der Waals surface area (Å²) in [4.78, 5) is 25.2. The van der Waals surface area contributed by atoms with E-state index in [1.54, 1.807) is 18.2 Å². The van der Waals surface area contributed by atoms with Crippen LogP contribution in [0.15, 0.2) is 48.5 Å². The van der Waals surface area contributed by atoms with Gasteiger partial charge in [-0.1, -0.05) is 29.8 Å². The SMILES string of the molecule is COCc1nn2c(c1-c1cccc(Cl)c1)NC(=O)C2CC(=O)Nc1cccc(C(F)(F)F)c1. The normalized spacial score (nSPS) is 15.3. The van der Waals surface area contributed by atoms with E-state index in [-0.39, 0.29) is 18.7 Å². The second-order valence-corrected chi connectivity index (χ2v) is 7.83. The van der Waals surface area contributed by atoms with E-state index in [1.807, 2.05) is 6.07 Å². The molecule has 2 heterocycles. The van der Waals surface area contributed by atoms with Crippen molar-refractivity contribution in [2.24, 2.45) is 0 Å². The summed E-state index contributed by atoms with van der Waals surface area (Å²) in [5.41, 5.74) is 0.967. The van der Waals surface area contributed by atoms with Crippen molar-refractivity contribution in [1.29, 1.82) is 0 Å². The Kier molecular flexibility index (Phi) is 6.13. The molecular weight excluding hydrogens is 461 g/mol. The van der Waals surface area contributed by atoms with Crippen molar-refractivity contribution in [3.63, 3.8) is 0 Å². The second kappa shape index (κ2) is 8.87. The summed E-state index contributed by atoms with van der Waals surface area (Å²) in [6, 6.07) is 10.3. The Morgan fingerprint density at radius 2 is 2.00 bits per heavy atom. The number of halogens is 4. The molecule has 33 heavy (non-hydrogen) atoms. The first-order valence-corrected chi connectivity index (χ1v) is 10.2. The van der Waals surface area contributed by atoms with Gasteiger partial charge in [0.15, 0.2) is 0 Å². The molecule has 1 aliphatic rings.